The zero-order valence-corrected chi connectivity index (χ0v) is 11.9. The highest BCUT2D eigenvalue weighted by Gasteiger charge is 2.28. The Bertz CT molecular complexity index is 521. The maximum Gasteiger partial charge on any atom is 0.307 e. The molecule has 1 aliphatic rings. The topological polar surface area (TPSA) is 83.7 Å². The number of carboxylic acid groups (broad SMARTS) is 1. The number of halogens is 1. The molecule has 6 nitrogen and oxygen atoms in total. The molecule has 7 heteroatoms. The average Bonchev–Trinajstić information content (AvgIpc) is 2.80. The Morgan fingerprint density at radius 3 is 2.80 bits per heavy atom. The van der Waals surface area contributed by atoms with Gasteiger partial charge in [0.05, 0.1) is 10.8 Å². The van der Waals surface area contributed by atoms with Crippen LogP contribution in [0.3, 0.4) is 0 Å². The third-order valence-corrected chi connectivity index (χ3v) is 3.63. The van der Waals surface area contributed by atoms with Gasteiger partial charge >= 0.3 is 5.97 Å². The zero-order valence-electron chi connectivity index (χ0n) is 11.1. The summed E-state index contributed by atoms with van der Waals surface area (Å²) in [5, 5.41) is 19.8. The first kappa shape index (κ1) is 16.4. The van der Waals surface area contributed by atoms with Crippen LogP contribution in [-0.2, 0) is 11.3 Å². The summed E-state index contributed by atoms with van der Waals surface area (Å²) in [7, 11) is 0. The van der Waals surface area contributed by atoms with Crippen molar-refractivity contribution in [2.45, 2.75) is 19.9 Å². The lowest BCUT2D eigenvalue weighted by molar-refractivity contribution is -0.385. The molecule has 0 amide bonds. The normalized spacial score (nSPS) is 18.6. The maximum atomic E-state index is 10.9. The number of aliphatic carboxylic acids is 1. The fourth-order valence-electron chi connectivity index (χ4n) is 2.46. The van der Waals surface area contributed by atoms with Crippen molar-refractivity contribution in [1.82, 2.24) is 4.90 Å². The van der Waals surface area contributed by atoms with E-state index in [2.05, 4.69) is 0 Å². The zero-order chi connectivity index (χ0) is 14.0. The van der Waals surface area contributed by atoms with E-state index in [0.717, 1.165) is 12.1 Å². The molecule has 0 aliphatic carbocycles. The molecule has 110 valence electrons. The molecule has 1 aromatic carbocycles. The monoisotopic (exact) mass is 300 g/mol. The number of nitro groups is 1. The van der Waals surface area contributed by atoms with Crippen LogP contribution in [0.4, 0.5) is 5.69 Å². The number of nitrogens with zero attached hydrogens (tertiary/aromatic N) is 2. The van der Waals surface area contributed by atoms with Crippen molar-refractivity contribution in [2.75, 3.05) is 13.1 Å². The average molecular weight is 301 g/mol. The van der Waals surface area contributed by atoms with Crippen molar-refractivity contribution < 1.29 is 14.8 Å². The number of hydrogen-bond donors (Lipinski definition) is 1. The molecule has 2 rings (SSSR count). The van der Waals surface area contributed by atoms with Crippen LogP contribution in [-0.4, -0.2) is 34.0 Å². The minimum Gasteiger partial charge on any atom is -0.481 e. The van der Waals surface area contributed by atoms with Gasteiger partial charge in [0.1, 0.15) is 0 Å². The molecule has 0 radical (unpaired) electrons. The number of rotatable bonds is 4. The summed E-state index contributed by atoms with van der Waals surface area (Å²) in [5.41, 5.74) is 1.66. The first-order valence-corrected chi connectivity index (χ1v) is 6.17. The SMILES string of the molecule is Cc1c(CN2CCC(C(=O)O)C2)cccc1[N+](=O)[O-].Cl. The van der Waals surface area contributed by atoms with Crippen molar-refractivity contribution in [3.63, 3.8) is 0 Å². The quantitative estimate of drug-likeness (QED) is 0.681. The van der Waals surface area contributed by atoms with E-state index in [1.165, 1.54) is 6.07 Å². The molecule has 20 heavy (non-hydrogen) atoms. The van der Waals surface area contributed by atoms with E-state index < -0.39 is 5.97 Å². The van der Waals surface area contributed by atoms with Gasteiger partial charge in [-0.15, -0.1) is 12.4 Å². The van der Waals surface area contributed by atoms with Crippen LogP contribution in [0.1, 0.15) is 17.5 Å². The fourth-order valence-corrected chi connectivity index (χ4v) is 2.46. The summed E-state index contributed by atoms with van der Waals surface area (Å²) in [6, 6.07) is 5.02. The van der Waals surface area contributed by atoms with Crippen molar-refractivity contribution in [3.05, 3.63) is 39.4 Å². The van der Waals surface area contributed by atoms with Gasteiger partial charge in [0.25, 0.3) is 5.69 Å². The van der Waals surface area contributed by atoms with Gasteiger partial charge < -0.3 is 5.11 Å². The van der Waals surface area contributed by atoms with Gasteiger partial charge in [0.15, 0.2) is 0 Å². The smallest absolute Gasteiger partial charge is 0.307 e. The Hall–Kier alpha value is -1.66. The van der Waals surface area contributed by atoms with Crippen LogP contribution in [0.15, 0.2) is 18.2 Å². The molecule has 1 fully saturated rings. The summed E-state index contributed by atoms with van der Waals surface area (Å²) in [5.74, 6) is -1.09. The summed E-state index contributed by atoms with van der Waals surface area (Å²) in [6.07, 6.45) is 0.642. The highest BCUT2D eigenvalue weighted by molar-refractivity contribution is 5.85. The third-order valence-electron chi connectivity index (χ3n) is 3.63. The predicted molar refractivity (Wildman–Crippen MR) is 76.1 cm³/mol. The van der Waals surface area contributed by atoms with Gasteiger partial charge in [-0.05, 0) is 25.5 Å². The first-order chi connectivity index (χ1) is 8.99. The van der Waals surface area contributed by atoms with Gasteiger partial charge in [-0.1, -0.05) is 12.1 Å². The molecule has 0 saturated carbocycles. The summed E-state index contributed by atoms with van der Waals surface area (Å²) < 4.78 is 0. The highest BCUT2D eigenvalue weighted by atomic mass is 35.5. The lowest BCUT2D eigenvalue weighted by Crippen LogP contribution is -2.23. The summed E-state index contributed by atoms with van der Waals surface area (Å²) in [4.78, 5) is 23.4. The fraction of sp³-hybridized carbons (Fsp3) is 0.462. The lowest BCUT2D eigenvalue weighted by atomic mass is 10.1. The van der Waals surface area contributed by atoms with E-state index >= 15 is 0 Å². The molecule has 0 bridgehead atoms. The van der Waals surface area contributed by atoms with Crippen LogP contribution in [0.25, 0.3) is 0 Å². The van der Waals surface area contributed by atoms with Crippen LogP contribution < -0.4 is 0 Å². The summed E-state index contributed by atoms with van der Waals surface area (Å²) >= 11 is 0. The van der Waals surface area contributed by atoms with Gasteiger partial charge in [0.2, 0.25) is 0 Å². The van der Waals surface area contributed by atoms with E-state index in [1.54, 1.807) is 13.0 Å². The van der Waals surface area contributed by atoms with Gasteiger partial charge in [-0.25, -0.2) is 0 Å². The van der Waals surface area contributed by atoms with Crippen LogP contribution in [0.2, 0.25) is 0 Å². The molecule has 1 saturated heterocycles. The van der Waals surface area contributed by atoms with E-state index in [0.29, 0.717) is 25.1 Å². The first-order valence-electron chi connectivity index (χ1n) is 6.17. The van der Waals surface area contributed by atoms with Crippen molar-refractivity contribution in [2.24, 2.45) is 5.92 Å². The Kier molecular flexibility index (Phi) is 5.47. The molecule has 1 N–H and O–H groups in total. The Labute approximate surface area is 123 Å². The number of hydrogen-bond acceptors (Lipinski definition) is 4. The van der Waals surface area contributed by atoms with Crippen LogP contribution in [0.5, 0.6) is 0 Å². The van der Waals surface area contributed by atoms with Crippen LogP contribution in [0, 0.1) is 23.0 Å². The molecule has 1 unspecified atom stereocenters. The molecular formula is C13H17ClN2O4. The lowest BCUT2D eigenvalue weighted by Gasteiger charge is -2.16. The number of carboxylic acids is 1. The van der Waals surface area contributed by atoms with Gasteiger partial charge in [-0.3, -0.25) is 19.8 Å². The second kappa shape index (κ2) is 6.67. The minimum absolute atomic E-state index is 0. The van der Waals surface area contributed by atoms with Crippen LogP contribution >= 0.6 is 12.4 Å². The molecule has 0 spiro atoms. The number of benzene rings is 1. The molecule has 1 aromatic rings. The second-order valence-electron chi connectivity index (χ2n) is 4.88. The Morgan fingerprint density at radius 1 is 1.55 bits per heavy atom. The molecule has 0 aromatic heterocycles. The second-order valence-corrected chi connectivity index (χ2v) is 4.88. The molecule has 1 aliphatic heterocycles. The maximum absolute atomic E-state index is 10.9. The van der Waals surface area contributed by atoms with Crippen molar-refractivity contribution in [1.29, 1.82) is 0 Å². The minimum atomic E-state index is -0.765. The van der Waals surface area contributed by atoms with Gasteiger partial charge in [0, 0.05) is 24.7 Å². The molecular weight excluding hydrogens is 284 g/mol. The van der Waals surface area contributed by atoms with E-state index in [9.17, 15) is 14.9 Å². The molecule has 1 atom stereocenters. The third kappa shape index (κ3) is 3.46. The van der Waals surface area contributed by atoms with Crippen molar-refractivity contribution in [3.8, 4) is 0 Å². The van der Waals surface area contributed by atoms with E-state index in [4.69, 9.17) is 5.11 Å². The number of carbonyl (C=O) groups is 1. The Morgan fingerprint density at radius 2 is 2.25 bits per heavy atom. The number of likely N-dealkylation sites (tertiary alicyclic amines) is 1. The standard InChI is InChI=1S/C13H16N2O4.ClH/c1-9-10(3-2-4-12(9)15(18)19)7-14-6-5-11(8-14)13(16)17;/h2-4,11H,5-8H2,1H3,(H,16,17);1H. The largest absolute Gasteiger partial charge is 0.481 e. The van der Waals surface area contributed by atoms with E-state index in [1.807, 2.05) is 11.0 Å². The predicted octanol–water partition coefficient (Wildman–Crippen LogP) is 2.23. The highest BCUT2D eigenvalue weighted by Crippen LogP contribution is 2.24. The van der Waals surface area contributed by atoms with Crippen molar-refractivity contribution >= 4 is 24.1 Å². The van der Waals surface area contributed by atoms with E-state index in [-0.39, 0.29) is 28.9 Å². The van der Waals surface area contributed by atoms with Gasteiger partial charge in [-0.2, -0.15) is 0 Å². The molecule has 1 heterocycles. The Balaban J connectivity index is 0.00000200. The number of nitro benzene ring substituents is 1. The summed E-state index contributed by atoms with van der Waals surface area (Å²) in [6.45, 7) is 3.53.